The molecule has 0 aliphatic carbocycles. The Morgan fingerprint density at radius 1 is 1.03 bits per heavy atom. The standard InChI is InChI=1S/C22H18FN3O4/c1-15-10-12-17(14-24-15)29-20-9-5-3-7-18(20)22(28)25-19-8-4-2-6-16(19)11-13-21(27)26-30-23/h2-14H,1H3,(H,25,28)(H,26,27)/b13-11+. The molecule has 0 unspecified atom stereocenters. The van der Waals surface area contributed by atoms with Crippen LogP contribution >= 0.6 is 0 Å². The SMILES string of the molecule is Cc1ccc(Oc2ccccc2C(=O)Nc2ccccc2/C=C/C(=O)NOF)cn1. The van der Waals surface area contributed by atoms with Crippen LogP contribution in [-0.2, 0) is 9.84 Å². The number of anilines is 1. The Morgan fingerprint density at radius 3 is 2.57 bits per heavy atom. The van der Waals surface area contributed by atoms with Crippen LogP contribution in [0.3, 0.4) is 0 Å². The molecule has 0 spiro atoms. The molecule has 0 radical (unpaired) electrons. The molecule has 0 fully saturated rings. The van der Waals surface area contributed by atoms with Gasteiger partial charge in [0.15, 0.2) is 0 Å². The second kappa shape index (κ2) is 9.94. The van der Waals surface area contributed by atoms with E-state index in [0.717, 1.165) is 11.8 Å². The summed E-state index contributed by atoms with van der Waals surface area (Å²) >= 11 is 0. The van der Waals surface area contributed by atoms with Gasteiger partial charge in [-0.2, -0.15) is 5.48 Å². The number of nitrogens with one attached hydrogen (secondary N) is 2. The van der Waals surface area contributed by atoms with Crippen LogP contribution < -0.4 is 15.5 Å². The molecular weight excluding hydrogens is 389 g/mol. The number of pyridine rings is 1. The van der Waals surface area contributed by atoms with E-state index in [2.05, 4.69) is 15.3 Å². The van der Waals surface area contributed by atoms with Gasteiger partial charge in [-0.3, -0.25) is 14.6 Å². The van der Waals surface area contributed by atoms with Gasteiger partial charge in [0.1, 0.15) is 11.5 Å². The zero-order valence-electron chi connectivity index (χ0n) is 16.0. The first-order chi connectivity index (χ1) is 14.6. The summed E-state index contributed by atoms with van der Waals surface area (Å²) < 4.78 is 17.5. The lowest BCUT2D eigenvalue weighted by Crippen LogP contribution is -2.17. The van der Waals surface area contributed by atoms with E-state index < -0.39 is 11.8 Å². The molecule has 0 saturated carbocycles. The van der Waals surface area contributed by atoms with E-state index in [4.69, 9.17) is 4.74 Å². The quantitative estimate of drug-likeness (QED) is 0.448. The molecule has 0 atom stereocenters. The van der Waals surface area contributed by atoms with Gasteiger partial charge in [-0.25, -0.2) is 0 Å². The second-order valence-electron chi connectivity index (χ2n) is 6.15. The summed E-state index contributed by atoms with van der Waals surface area (Å²) in [5, 5.41) is 5.87. The van der Waals surface area contributed by atoms with Gasteiger partial charge in [-0.05, 0) is 53.4 Å². The van der Waals surface area contributed by atoms with Gasteiger partial charge in [-0.1, -0.05) is 35.4 Å². The zero-order valence-corrected chi connectivity index (χ0v) is 16.0. The first-order valence-electron chi connectivity index (χ1n) is 8.92. The first-order valence-corrected chi connectivity index (χ1v) is 8.92. The molecule has 3 aromatic rings. The second-order valence-corrected chi connectivity index (χ2v) is 6.15. The molecule has 8 heteroatoms. The summed E-state index contributed by atoms with van der Waals surface area (Å²) in [5.74, 6) is -0.314. The lowest BCUT2D eigenvalue weighted by Gasteiger charge is -2.12. The number of aryl methyl sites for hydroxylation is 1. The number of carbonyl (C=O) groups excluding carboxylic acids is 2. The lowest BCUT2D eigenvalue weighted by molar-refractivity contribution is -0.195. The average Bonchev–Trinajstić information content (AvgIpc) is 2.75. The Kier molecular flexibility index (Phi) is 6.86. The molecule has 2 aromatic carbocycles. The Morgan fingerprint density at radius 2 is 1.80 bits per heavy atom. The van der Waals surface area contributed by atoms with Crippen LogP contribution in [0.15, 0.2) is 72.9 Å². The summed E-state index contributed by atoms with van der Waals surface area (Å²) in [6, 6.07) is 17.2. The fourth-order valence-corrected chi connectivity index (χ4v) is 2.57. The van der Waals surface area contributed by atoms with E-state index in [0.29, 0.717) is 28.3 Å². The summed E-state index contributed by atoms with van der Waals surface area (Å²) in [7, 11) is 0. The third-order valence-corrected chi connectivity index (χ3v) is 4.01. The molecule has 1 heterocycles. The highest BCUT2D eigenvalue weighted by Gasteiger charge is 2.14. The van der Waals surface area contributed by atoms with Crippen molar-refractivity contribution in [3.05, 3.63) is 89.8 Å². The van der Waals surface area contributed by atoms with E-state index in [9.17, 15) is 14.1 Å². The van der Waals surface area contributed by atoms with E-state index in [1.165, 1.54) is 11.6 Å². The lowest BCUT2D eigenvalue weighted by atomic mass is 10.1. The average molecular weight is 407 g/mol. The predicted molar refractivity (Wildman–Crippen MR) is 109 cm³/mol. The highest BCUT2D eigenvalue weighted by molar-refractivity contribution is 6.07. The number of benzene rings is 2. The summed E-state index contributed by atoms with van der Waals surface area (Å²) in [6.07, 6.45) is 4.08. The van der Waals surface area contributed by atoms with E-state index in [-0.39, 0.29) is 0 Å². The number of hydrogen-bond donors (Lipinski definition) is 2. The smallest absolute Gasteiger partial charge is 0.270 e. The number of hydroxylamine groups is 1. The Balaban J connectivity index is 1.80. The van der Waals surface area contributed by atoms with Gasteiger partial charge >= 0.3 is 0 Å². The molecule has 2 N–H and O–H groups in total. The predicted octanol–water partition coefficient (Wildman–Crippen LogP) is 4.38. The molecule has 152 valence electrons. The van der Waals surface area contributed by atoms with Crippen LogP contribution in [0, 0.1) is 6.92 Å². The van der Waals surface area contributed by atoms with Crippen LogP contribution in [0.5, 0.6) is 11.5 Å². The molecule has 0 aliphatic heterocycles. The molecule has 0 aliphatic rings. The number of amides is 2. The Labute approximate surface area is 172 Å². The minimum absolute atomic E-state index is 0.320. The molecular formula is C22H18FN3O4. The maximum Gasteiger partial charge on any atom is 0.270 e. The molecule has 30 heavy (non-hydrogen) atoms. The van der Waals surface area contributed by atoms with Crippen LogP contribution in [-0.4, -0.2) is 16.8 Å². The van der Waals surface area contributed by atoms with Crippen LogP contribution in [0.25, 0.3) is 6.08 Å². The maximum absolute atomic E-state index is 12.9. The van der Waals surface area contributed by atoms with Crippen molar-refractivity contribution in [2.75, 3.05) is 5.32 Å². The van der Waals surface area contributed by atoms with Gasteiger partial charge in [0.05, 0.1) is 11.8 Å². The number of nitrogens with zero attached hydrogens (tertiary/aromatic N) is 1. The number of rotatable bonds is 7. The summed E-state index contributed by atoms with van der Waals surface area (Å²) in [6.45, 7) is 1.87. The topological polar surface area (TPSA) is 89.5 Å². The number of aromatic nitrogens is 1. The van der Waals surface area contributed by atoms with Gasteiger partial charge in [0.25, 0.3) is 11.8 Å². The largest absolute Gasteiger partial charge is 0.455 e. The summed E-state index contributed by atoms with van der Waals surface area (Å²) in [4.78, 5) is 28.4. The fourth-order valence-electron chi connectivity index (χ4n) is 2.57. The number of carbonyl (C=O) groups is 2. The van der Waals surface area contributed by atoms with Gasteiger partial charge < -0.3 is 10.1 Å². The normalized spacial score (nSPS) is 10.6. The van der Waals surface area contributed by atoms with Crippen LogP contribution in [0.1, 0.15) is 21.6 Å². The van der Waals surface area contributed by atoms with Gasteiger partial charge in [0, 0.05) is 17.5 Å². The van der Waals surface area contributed by atoms with Crippen molar-refractivity contribution in [1.82, 2.24) is 10.5 Å². The summed E-state index contributed by atoms with van der Waals surface area (Å²) in [5.41, 5.74) is 3.71. The van der Waals surface area contributed by atoms with Crippen molar-refractivity contribution in [3.8, 4) is 11.5 Å². The Bertz CT molecular complexity index is 1070. The molecule has 0 saturated heterocycles. The highest BCUT2D eigenvalue weighted by Crippen LogP contribution is 2.26. The minimum Gasteiger partial charge on any atom is -0.455 e. The zero-order chi connectivity index (χ0) is 21.3. The number of ether oxygens (including phenoxy) is 1. The fraction of sp³-hybridized carbons (Fsp3) is 0.0455. The monoisotopic (exact) mass is 407 g/mol. The first kappa shape index (κ1) is 20.7. The highest BCUT2D eigenvalue weighted by atomic mass is 19.3. The number of halogens is 1. The number of hydrogen-bond acceptors (Lipinski definition) is 5. The molecule has 2 amide bonds. The number of para-hydroxylation sites is 2. The maximum atomic E-state index is 12.9. The Hall–Kier alpha value is -4.04. The van der Waals surface area contributed by atoms with Crippen molar-refractivity contribution in [3.63, 3.8) is 0 Å². The van der Waals surface area contributed by atoms with Crippen molar-refractivity contribution < 1.29 is 23.9 Å². The van der Waals surface area contributed by atoms with Crippen LogP contribution in [0.4, 0.5) is 10.2 Å². The molecule has 3 rings (SSSR count). The minimum atomic E-state index is -0.788. The van der Waals surface area contributed by atoms with Crippen molar-refractivity contribution in [2.45, 2.75) is 6.92 Å². The van der Waals surface area contributed by atoms with Crippen molar-refractivity contribution >= 4 is 23.6 Å². The molecule has 7 nitrogen and oxygen atoms in total. The third kappa shape index (κ3) is 5.49. The van der Waals surface area contributed by atoms with E-state index in [1.807, 2.05) is 13.0 Å². The van der Waals surface area contributed by atoms with Gasteiger partial charge in [-0.15, -0.1) is 0 Å². The third-order valence-electron chi connectivity index (χ3n) is 4.01. The molecule has 1 aromatic heterocycles. The van der Waals surface area contributed by atoms with Crippen molar-refractivity contribution in [2.24, 2.45) is 0 Å². The van der Waals surface area contributed by atoms with Crippen LogP contribution in [0.2, 0.25) is 0 Å². The van der Waals surface area contributed by atoms with E-state index in [1.54, 1.807) is 60.8 Å². The molecule has 0 bridgehead atoms. The van der Waals surface area contributed by atoms with Gasteiger partial charge in [0.2, 0.25) is 0 Å². The van der Waals surface area contributed by atoms with E-state index >= 15 is 0 Å². The van der Waals surface area contributed by atoms with Crippen molar-refractivity contribution in [1.29, 1.82) is 0 Å².